The first kappa shape index (κ1) is 20.2. The molecule has 7 heteroatoms. The number of nitrogens with one attached hydrogen (secondary N) is 1. The normalized spacial score (nSPS) is 15.3. The van der Waals surface area contributed by atoms with Gasteiger partial charge in [0.25, 0.3) is 0 Å². The monoisotopic (exact) mass is 401 g/mol. The van der Waals surface area contributed by atoms with E-state index < -0.39 is 16.1 Å². The molecule has 2 aromatic carbocycles. The summed E-state index contributed by atoms with van der Waals surface area (Å²) in [5, 5.41) is 2.87. The zero-order chi connectivity index (χ0) is 20.1. The van der Waals surface area contributed by atoms with Gasteiger partial charge in [-0.05, 0) is 55.7 Å². The van der Waals surface area contributed by atoms with E-state index in [2.05, 4.69) is 10.2 Å². The van der Waals surface area contributed by atoms with Crippen LogP contribution in [0.1, 0.15) is 26.2 Å². The molecule has 1 heterocycles. The predicted octanol–water partition coefficient (Wildman–Crippen LogP) is 3.47. The van der Waals surface area contributed by atoms with E-state index in [1.165, 1.54) is 17.1 Å². The minimum absolute atomic E-state index is 0.342. The van der Waals surface area contributed by atoms with Crippen molar-refractivity contribution < 1.29 is 13.2 Å². The van der Waals surface area contributed by atoms with Gasteiger partial charge in [-0.15, -0.1) is 0 Å². The number of para-hydroxylation sites is 1. The quantitative estimate of drug-likeness (QED) is 0.771. The molecule has 1 unspecified atom stereocenters. The number of rotatable bonds is 7. The highest BCUT2D eigenvalue weighted by Crippen LogP contribution is 2.25. The second-order valence-electron chi connectivity index (χ2n) is 7.05. The first-order valence-electron chi connectivity index (χ1n) is 9.60. The van der Waals surface area contributed by atoms with Gasteiger partial charge in [0.05, 0.1) is 11.9 Å². The fourth-order valence-corrected chi connectivity index (χ4v) is 4.80. The van der Waals surface area contributed by atoms with Crippen molar-refractivity contribution >= 4 is 33.0 Å². The lowest BCUT2D eigenvalue weighted by atomic mass is 10.1. The van der Waals surface area contributed by atoms with Crippen LogP contribution in [0.3, 0.4) is 0 Å². The number of sulfonamides is 1. The number of nitrogens with zero attached hydrogens (tertiary/aromatic N) is 2. The maximum atomic E-state index is 12.9. The van der Waals surface area contributed by atoms with E-state index >= 15 is 0 Å². The smallest absolute Gasteiger partial charge is 0.248 e. The van der Waals surface area contributed by atoms with Gasteiger partial charge in [0.15, 0.2) is 0 Å². The van der Waals surface area contributed by atoms with Crippen LogP contribution in [-0.2, 0) is 14.8 Å². The summed E-state index contributed by atoms with van der Waals surface area (Å²) in [4.78, 5) is 15.2. The number of hydrogen-bond donors (Lipinski definition) is 1. The van der Waals surface area contributed by atoms with Gasteiger partial charge < -0.3 is 10.2 Å². The van der Waals surface area contributed by atoms with E-state index in [4.69, 9.17) is 0 Å². The summed E-state index contributed by atoms with van der Waals surface area (Å²) in [5.41, 5.74) is 2.29. The van der Waals surface area contributed by atoms with Crippen molar-refractivity contribution in [2.45, 2.75) is 32.2 Å². The second-order valence-corrected chi connectivity index (χ2v) is 8.91. The molecule has 6 nitrogen and oxygen atoms in total. The van der Waals surface area contributed by atoms with Gasteiger partial charge in [0, 0.05) is 24.5 Å². The Kier molecular flexibility index (Phi) is 6.24. The standard InChI is InChI=1S/C21H27N3O3S/c1-3-20(24(28(2,26)27)19-9-5-4-6-10-19)21(25)22-17-11-13-18(14-12-17)23-15-7-8-16-23/h4-6,9-14,20H,3,7-8,15-16H2,1-2H3,(H,22,25). The van der Waals surface area contributed by atoms with Gasteiger partial charge in [-0.25, -0.2) is 8.42 Å². The summed E-state index contributed by atoms with van der Waals surface area (Å²) in [6, 6.07) is 15.6. The summed E-state index contributed by atoms with van der Waals surface area (Å²) in [6.45, 7) is 3.93. The molecule has 2 aromatic rings. The average molecular weight is 402 g/mol. The lowest BCUT2D eigenvalue weighted by molar-refractivity contribution is -0.117. The summed E-state index contributed by atoms with van der Waals surface area (Å²) in [5.74, 6) is -0.342. The van der Waals surface area contributed by atoms with Crippen molar-refractivity contribution in [1.82, 2.24) is 0 Å². The van der Waals surface area contributed by atoms with Gasteiger partial charge in [0.2, 0.25) is 15.9 Å². The van der Waals surface area contributed by atoms with Crippen LogP contribution in [-0.4, -0.2) is 39.7 Å². The van der Waals surface area contributed by atoms with Crippen LogP contribution in [0, 0.1) is 0 Å². The van der Waals surface area contributed by atoms with Crippen LogP contribution in [0.25, 0.3) is 0 Å². The maximum absolute atomic E-state index is 12.9. The molecule has 0 spiro atoms. The Labute approximate surface area is 167 Å². The first-order valence-corrected chi connectivity index (χ1v) is 11.5. The highest BCUT2D eigenvalue weighted by Gasteiger charge is 2.31. The number of carbonyl (C=O) groups is 1. The zero-order valence-electron chi connectivity index (χ0n) is 16.3. The molecule has 1 amide bonds. The van der Waals surface area contributed by atoms with Crippen molar-refractivity contribution in [3.8, 4) is 0 Å². The van der Waals surface area contributed by atoms with Crippen molar-refractivity contribution in [2.75, 3.05) is 33.9 Å². The molecule has 1 atom stereocenters. The van der Waals surface area contributed by atoms with E-state index in [1.54, 1.807) is 24.3 Å². The summed E-state index contributed by atoms with van der Waals surface area (Å²) < 4.78 is 26.0. The van der Waals surface area contributed by atoms with E-state index in [9.17, 15) is 13.2 Å². The van der Waals surface area contributed by atoms with Crippen LogP contribution in [0.2, 0.25) is 0 Å². The summed E-state index contributed by atoms with van der Waals surface area (Å²) in [6.07, 6.45) is 3.90. The molecule has 3 rings (SSSR count). The molecule has 1 fully saturated rings. The molecular formula is C21H27N3O3S. The molecule has 0 aliphatic carbocycles. The van der Waals surface area contributed by atoms with E-state index in [-0.39, 0.29) is 5.91 Å². The van der Waals surface area contributed by atoms with Gasteiger partial charge in [-0.3, -0.25) is 9.10 Å². The van der Waals surface area contributed by atoms with Gasteiger partial charge in [0.1, 0.15) is 6.04 Å². The Morgan fingerprint density at radius 1 is 1.07 bits per heavy atom. The molecule has 150 valence electrons. The summed E-state index contributed by atoms with van der Waals surface area (Å²) >= 11 is 0. The lowest BCUT2D eigenvalue weighted by Gasteiger charge is -2.30. The van der Waals surface area contributed by atoms with Gasteiger partial charge in [-0.2, -0.15) is 0 Å². The molecule has 1 N–H and O–H groups in total. The van der Waals surface area contributed by atoms with Crippen molar-refractivity contribution in [2.24, 2.45) is 0 Å². The number of carbonyl (C=O) groups excluding carboxylic acids is 1. The van der Waals surface area contributed by atoms with Crippen LogP contribution in [0.5, 0.6) is 0 Å². The predicted molar refractivity (Wildman–Crippen MR) is 114 cm³/mol. The average Bonchev–Trinajstić information content (AvgIpc) is 3.21. The first-order chi connectivity index (χ1) is 13.4. The fraction of sp³-hybridized carbons (Fsp3) is 0.381. The van der Waals surface area contributed by atoms with Gasteiger partial charge >= 0.3 is 0 Å². The van der Waals surface area contributed by atoms with Crippen LogP contribution < -0.4 is 14.5 Å². The Morgan fingerprint density at radius 2 is 1.68 bits per heavy atom. The second kappa shape index (κ2) is 8.65. The Morgan fingerprint density at radius 3 is 2.21 bits per heavy atom. The Hall–Kier alpha value is -2.54. The maximum Gasteiger partial charge on any atom is 0.248 e. The minimum atomic E-state index is -3.62. The third-order valence-electron chi connectivity index (χ3n) is 4.95. The Balaban J connectivity index is 1.78. The van der Waals surface area contributed by atoms with Crippen molar-refractivity contribution in [3.63, 3.8) is 0 Å². The largest absolute Gasteiger partial charge is 0.372 e. The molecule has 0 aromatic heterocycles. The van der Waals surface area contributed by atoms with Crippen LogP contribution in [0.15, 0.2) is 54.6 Å². The number of benzene rings is 2. The topological polar surface area (TPSA) is 69.7 Å². The molecule has 1 aliphatic heterocycles. The Bertz CT molecular complexity index is 892. The molecule has 28 heavy (non-hydrogen) atoms. The van der Waals surface area contributed by atoms with E-state index in [0.717, 1.165) is 25.0 Å². The number of amides is 1. The molecule has 0 radical (unpaired) electrons. The van der Waals surface area contributed by atoms with Crippen molar-refractivity contribution in [1.29, 1.82) is 0 Å². The SMILES string of the molecule is CCC(C(=O)Nc1ccc(N2CCCC2)cc1)N(c1ccccc1)S(C)(=O)=O. The molecule has 0 bridgehead atoms. The molecule has 1 saturated heterocycles. The fourth-order valence-electron chi connectivity index (χ4n) is 3.59. The third-order valence-corrected chi connectivity index (χ3v) is 6.13. The number of anilines is 3. The van der Waals surface area contributed by atoms with Crippen LogP contribution in [0.4, 0.5) is 17.1 Å². The molecule has 0 saturated carbocycles. The van der Waals surface area contributed by atoms with Crippen LogP contribution >= 0.6 is 0 Å². The third kappa shape index (κ3) is 4.65. The van der Waals surface area contributed by atoms with E-state index in [1.807, 2.05) is 37.3 Å². The molecule has 1 aliphatic rings. The summed E-state index contributed by atoms with van der Waals surface area (Å²) in [7, 11) is -3.62. The lowest BCUT2D eigenvalue weighted by Crippen LogP contribution is -2.46. The van der Waals surface area contributed by atoms with Gasteiger partial charge in [-0.1, -0.05) is 25.1 Å². The number of hydrogen-bond acceptors (Lipinski definition) is 4. The van der Waals surface area contributed by atoms with Crippen molar-refractivity contribution in [3.05, 3.63) is 54.6 Å². The van der Waals surface area contributed by atoms with E-state index in [0.29, 0.717) is 17.8 Å². The highest BCUT2D eigenvalue weighted by atomic mass is 32.2. The molecular weight excluding hydrogens is 374 g/mol. The highest BCUT2D eigenvalue weighted by molar-refractivity contribution is 7.92. The minimum Gasteiger partial charge on any atom is -0.372 e. The zero-order valence-corrected chi connectivity index (χ0v) is 17.2.